The van der Waals surface area contributed by atoms with Crippen molar-refractivity contribution in [3.8, 4) is 11.5 Å². The van der Waals surface area contributed by atoms with E-state index in [1.165, 1.54) is 0 Å². The van der Waals surface area contributed by atoms with Gasteiger partial charge in [-0.25, -0.2) is 0 Å². The first-order valence-corrected chi connectivity index (χ1v) is 8.43. The van der Waals surface area contributed by atoms with Crippen molar-refractivity contribution in [2.24, 2.45) is 0 Å². The molecule has 0 saturated heterocycles. The predicted molar refractivity (Wildman–Crippen MR) is 101 cm³/mol. The summed E-state index contributed by atoms with van der Waals surface area (Å²) in [5.41, 5.74) is 3.48. The number of carbonyl (C=O) groups is 1. The first kappa shape index (κ1) is 17.6. The summed E-state index contributed by atoms with van der Waals surface area (Å²) >= 11 is 2.15. The fraction of sp³-hybridized carbons (Fsp3) is 0.278. The average Bonchev–Trinajstić information content (AvgIpc) is 2.52. The Morgan fingerprint density at radius 2 is 1.96 bits per heavy atom. The lowest BCUT2D eigenvalue weighted by Crippen LogP contribution is -2.13. The monoisotopic (exact) mass is 425 g/mol. The van der Waals surface area contributed by atoms with Gasteiger partial charge < -0.3 is 14.8 Å². The molecule has 1 N–H and O–H groups in total. The summed E-state index contributed by atoms with van der Waals surface area (Å²) in [5, 5.41) is 2.96. The maximum atomic E-state index is 12.6. The summed E-state index contributed by atoms with van der Waals surface area (Å²) in [7, 11) is 1.57. The second-order valence-corrected chi connectivity index (χ2v) is 6.36. The zero-order valence-corrected chi connectivity index (χ0v) is 15.9. The fourth-order valence-corrected chi connectivity index (χ4v) is 2.96. The van der Waals surface area contributed by atoms with Crippen LogP contribution >= 0.6 is 22.6 Å². The van der Waals surface area contributed by atoms with Crippen LogP contribution in [0.25, 0.3) is 0 Å². The lowest BCUT2D eigenvalue weighted by Gasteiger charge is -2.14. The van der Waals surface area contributed by atoms with Gasteiger partial charge in [-0.15, -0.1) is 0 Å². The fourth-order valence-electron chi connectivity index (χ4n) is 2.20. The smallest absolute Gasteiger partial charge is 0.255 e. The van der Waals surface area contributed by atoms with Crippen LogP contribution in [0, 0.1) is 17.4 Å². The minimum atomic E-state index is -0.169. The normalized spacial score (nSPS) is 10.3. The van der Waals surface area contributed by atoms with E-state index in [9.17, 15) is 4.79 Å². The molecular weight excluding hydrogens is 405 g/mol. The van der Waals surface area contributed by atoms with Crippen LogP contribution in [0.2, 0.25) is 0 Å². The standard InChI is InChI=1S/C18H20INO3/c1-5-23-17-14(19)9-13(10-16(17)22-4)18(21)20-15-8-11(2)6-7-12(15)3/h6-10H,5H2,1-4H3,(H,20,21). The second kappa shape index (κ2) is 7.68. The van der Waals surface area contributed by atoms with Gasteiger partial charge in [0, 0.05) is 11.3 Å². The summed E-state index contributed by atoms with van der Waals surface area (Å²) in [6.45, 7) is 6.42. The number of aryl methyl sites for hydroxylation is 2. The number of rotatable bonds is 5. The Bertz CT molecular complexity index is 728. The molecule has 122 valence electrons. The number of nitrogens with one attached hydrogen (secondary N) is 1. The highest BCUT2D eigenvalue weighted by Gasteiger charge is 2.16. The number of benzene rings is 2. The molecule has 0 aliphatic rings. The highest BCUT2D eigenvalue weighted by atomic mass is 127. The van der Waals surface area contributed by atoms with E-state index in [4.69, 9.17) is 9.47 Å². The summed E-state index contributed by atoms with van der Waals surface area (Å²) in [6, 6.07) is 9.48. The van der Waals surface area contributed by atoms with Gasteiger partial charge in [-0.05, 0) is 72.7 Å². The lowest BCUT2D eigenvalue weighted by molar-refractivity contribution is 0.102. The maximum Gasteiger partial charge on any atom is 0.255 e. The third-order valence-electron chi connectivity index (χ3n) is 3.42. The Labute approximate surface area is 150 Å². The summed E-state index contributed by atoms with van der Waals surface area (Å²) < 4.78 is 11.8. The van der Waals surface area contributed by atoms with Crippen molar-refractivity contribution < 1.29 is 14.3 Å². The third-order valence-corrected chi connectivity index (χ3v) is 4.22. The molecule has 1 amide bonds. The number of ether oxygens (including phenoxy) is 2. The van der Waals surface area contributed by atoms with E-state index in [1.54, 1.807) is 19.2 Å². The molecule has 0 bridgehead atoms. The Balaban J connectivity index is 2.32. The van der Waals surface area contributed by atoms with Crippen LogP contribution in [0.1, 0.15) is 28.4 Å². The van der Waals surface area contributed by atoms with Crippen molar-refractivity contribution in [3.05, 3.63) is 50.6 Å². The Kier molecular flexibility index (Phi) is 5.87. The van der Waals surface area contributed by atoms with Gasteiger partial charge >= 0.3 is 0 Å². The molecule has 4 nitrogen and oxygen atoms in total. The Hall–Kier alpha value is -1.76. The third kappa shape index (κ3) is 4.16. The Morgan fingerprint density at radius 3 is 2.61 bits per heavy atom. The van der Waals surface area contributed by atoms with Crippen molar-refractivity contribution in [2.75, 3.05) is 19.0 Å². The van der Waals surface area contributed by atoms with Crippen LogP contribution < -0.4 is 14.8 Å². The van der Waals surface area contributed by atoms with Crippen LogP contribution in [0.5, 0.6) is 11.5 Å². The minimum Gasteiger partial charge on any atom is -0.493 e. The number of methoxy groups -OCH3 is 1. The molecule has 2 aromatic rings. The molecule has 0 heterocycles. The molecule has 2 rings (SSSR count). The highest BCUT2D eigenvalue weighted by molar-refractivity contribution is 14.1. The van der Waals surface area contributed by atoms with Gasteiger partial charge in [0.2, 0.25) is 0 Å². The molecule has 0 spiro atoms. The van der Waals surface area contributed by atoms with E-state index < -0.39 is 0 Å². The van der Waals surface area contributed by atoms with Crippen molar-refractivity contribution in [1.82, 2.24) is 0 Å². The van der Waals surface area contributed by atoms with Gasteiger partial charge in [-0.2, -0.15) is 0 Å². The molecule has 0 radical (unpaired) electrons. The van der Waals surface area contributed by atoms with E-state index in [2.05, 4.69) is 27.9 Å². The molecule has 0 aliphatic heterocycles. The van der Waals surface area contributed by atoms with Gasteiger partial charge in [0.05, 0.1) is 17.3 Å². The van der Waals surface area contributed by atoms with Crippen molar-refractivity contribution in [2.45, 2.75) is 20.8 Å². The predicted octanol–water partition coefficient (Wildman–Crippen LogP) is 4.57. The molecule has 2 aromatic carbocycles. The number of hydrogen-bond donors (Lipinski definition) is 1. The molecule has 0 fully saturated rings. The quantitative estimate of drug-likeness (QED) is 0.715. The number of hydrogen-bond acceptors (Lipinski definition) is 3. The number of carbonyl (C=O) groups excluding carboxylic acids is 1. The van der Waals surface area contributed by atoms with Crippen LogP contribution in [-0.4, -0.2) is 19.6 Å². The molecule has 23 heavy (non-hydrogen) atoms. The van der Waals surface area contributed by atoms with E-state index in [0.29, 0.717) is 23.7 Å². The number of anilines is 1. The maximum absolute atomic E-state index is 12.6. The summed E-state index contributed by atoms with van der Waals surface area (Å²) in [5.74, 6) is 1.06. The topological polar surface area (TPSA) is 47.6 Å². The van der Waals surface area contributed by atoms with Crippen LogP contribution in [-0.2, 0) is 0 Å². The lowest BCUT2D eigenvalue weighted by atomic mass is 10.1. The van der Waals surface area contributed by atoms with Gasteiger partial charge in [-0.3, -0.25) is 4.79 Å². The van der Waals surface area contributed by atoms with Crippen LogP contribution in [0.4, 0.5) is 5.69 Å². The van der Waals surface area contributed by atoms with Gasteiger partial charge in [0.15, 0.2) is 11.5 Å². The summed E-state index contributed by atoms with van der Waals surface area (Å²) in [6.07, 6.45) is 0. The Morgan fingerprint density at radius 1 is 1.22 bits per heavy atom. The van der Waals surface area contributed by atoms with E-state index in [-0.39, 0.29) is 5.91 Å². The molecule has 0 saturated carbocycles. The molecule has 0 unspecified atom stereocenters. The molecular formula is C18H20INO3. The van der Waals surface area contributed by atoms with Gasteiger partial charge in [-0.1, -0.05) is 12.1 Å². The first-order valence-electron chi connectivity index (χ1n) is 7.35. The number of amides is 1. The SMILES string of the molecule is CCOc1c(I)cc(C(=O)Nc2cc(C)ccc2C)cc1OC. The zero-order chi connectivity index (χ0) is 17.0. The molecule has 5 heteroatoms. The van der Waals surface area contributed by atoms with Crippen molar-refractivity contribution in [1.29, 1.82) is 0 Å². The molecule has 0 atom stereocenters. The van der Waals surface area contributed by atoms with E-state index in [1.807, 2.05) is 39.0 Å². The highest BCUT2D eigenvalue weighted by Crippen LogP contribution is 2.34. The average molecular weight is 425 g/mol. The first-order chi connectivity index (χ1) is 11.0. The van der Waals surface area contributed by atoms with E-state index >= 15 is 0 Å². The minimum absolute atomic E-state index is 0.169. The van der Waals surface area contributed by atoms with Gasteiger partial charge in [0.25, 0.3) is 5.91 Å². The number of halogens is 1. The second-order valence-electron chi connectivity index (χ2n) is 5.19. The largest absolute Gasteiger partial charge is 0.493 e. The van der Waals surface area contributed by atoms with Crippen molar-refractivity contribution in [3.63, 3.8) is 0 Å². The van der Waals surface area contributed by atoms with Crippen LogP contribution in [0.15, 0.2) is 30.3 Å². The molecule has 0 aromatic heterocycles. The van der Waals surface area contributed by atoms with E-state index in [0.717, 1.165) is 20.4 Å². The van der Waals surface area contributed by atoms with Gasteiger partial charge in [0.1, 0.15) is 0 Å². The molecule has 0 aliphatic carbocycles. The van der Waals surface area contributed by atoms with Crippen molar-refractivity contribution >= 4 is 34.2 Å². The van der Waals surface area contributed by atoms with Crippen LogP contribution in [0.3, 0.4) is 0 Å². The summed E-state index contributed by atoms with van der Waals surface area (Å²) in [4.78, 5) is 12.6. The zero-order valence-electron chi connectivity index (χ0n) is 13.7.